The standard InChI is InChI=1S/C14H17Cl2N3O/c15-8-7-13-18-11-5-3-4-10(16)14(11)19(13)9-2-1-6-12(17)20/h3-5H,1-2,6-9H2,(H2,17,20). The Kier molecular flexibility index (Phi) is 5.26. The van der Waals surface area contributed by atoms with Crippen LogP contribution < -0.4 is 5.73 Å². The van der Waals surface area contributed by atoms with Crippen LogP contribution in [0.5, 0.6) is 0 Å². The van der Waals surface area contributed by atoms with E-state index in [4.69, 9.17) is 28.9 Å². The second kappa shape index (κ2) is 6.95. The van der Waals surface area contributed by atoms with E-state index in [-0.39, 0.29) is 5.91 Å². The number of aryl methyl sites for hydroxylation is 2. The molecule has 0 atom stereocenters. The van der Waals surface area contributed by atoms with Gasteiger partial charge in [0, 0.05) is 25.3 Å². The molecule has 1 heterocycles. The lowest BCUT2D eigenvalue weighted by atomic mass is 10.2. The third-order valence-corrected chi connectivity index (χ3v) is 3.66. The van der Waals surface area contributed by atoms with E-state index in [1.807, 2.05) is 18.2 Å². The van der Waals surface area contributed by atoms with E-state index in [0.29, 0.717) is 23.7 Å². The minimum absolute atomic E-state index is 0.264. The molecule has 0 fully saturated rings. The van der Waals surface area contributed by atoms with Crippen molar-refractivity contribution in [1.29, 1.82) is 0 Å². The zero-order valence-corrected chi connectivity index (χ0v) is 12.6. The third kappa shape index (κ3) is 3.44. The molecular formula is C14H17Cl2N3O. The van der Waals surface area contributed by atoms with E-state index in [1.165, 1.54) is 0 Å². The highest BCUT2D eigenvalue weighted by Gasteiger charge is 2.12. The minimum atomic E-state index is -0.264. The maximum Gasteiger partial charge on any atom is 0.217 e. The van der Waals surface area contributed by atoms with Gasteiger partial charge in [-0.2, -0.15) is 0 Å². The number of halogens is 2. The number of hydrogen-bond donors (Lipinski definition) is 1. The summed E-state index contributed by atoms with van der Waals surface area (Å²) in [6.45, 7) is 0.764. The van der Waals surface area contributed by atoms with Gasteiger partial charge in [0.1, 0.15) is 5.82 Å². The van der Waals surface area contributed by atoms with E-state index in [2.05, 4.69) is 9.55 Å². The molecule has 2 N–H and O–H groups in total. The monoisotopic (exact) mass is 313 g/mol. The minimum Gasteiger partial charge on any atom is -0.370 e. The molecule has 0 saturated heterocycles. The van der Waals surface area contributed by atoms with Crippen molar-refractivity contribution in [3.63, 3.8) is 0 Å². The maximum absolute atomic E-state index is 10.8. The van der Waals surface area contributed by atoms with Crippen LogP contribution in [0.4, 0.5) is 0 Å². The van der Waals surface area contributed by atoms with E-state index in [0.717, 1.165) is 36.2 Å². The van der Waals surface area contributed by atoms with Crippen LogP contribution in [0.2, 0.25) is 5.02 Å². The fourth-order valence-corrected chi connectivity index (χ4v) is 2.72. The van der Waals surface area contributed by atoms with Crippen molar-refractivity contribution in [3.8, 4) is 0 Å². The van der Waals surface area contributed by atoms with Crippen LogP contribution >= 0.6 is 23.2 Å². The molecular weight excluding hydrogens is 297 g/mol. The van der Waals surface area contributed by atoms with Crippen LogP contribution in [-0.2, 0) is 17.8 Å². The Morgan fingerprint density at radius 2 is 2.15 bits per heavy atom. The first-order valence-corrected chi connectivity index (χ1v) is 7.52. The Balaban J connectivity index is 2.24. The van der Waals surface area contributed by atoms with Crippen LogP contribution in [-0.4, -0.2) is 21.3 Å². The van der Waals surface area contributed by atoms with Crippen molar-refractivity contribution < 1.29 is 4.79 Å². The molecule has 0 aliphatic carbocycles. The number of hydrogen-bond acceptors (Lipinski definition) is 2. The quantitative estimate of drug-likeness (QED) is 0.630. The second-order valence-corrected chi connectivity index (χ2v) is 5.43. The number of nitrogens with zero attached hydrogens (tertiary/aromatic N) is 2. The van der Waals surface area contributed by atoms with Gasteiger partial charge < -0.3 is 10.3 Å². The van der Waals surface area contributed by atoms with Crippen molar-refractivity contribution in [2.75, 3.05) is 5.88 Å². The molecule has 108 valence electrons. The summed E-state index contributed by atoms with van der Waals surface area (Å²) in [6.07, 6.45) is 2.72. The van der Waals surface area contributed by atoms with Crippen molar-refractivity contribution in [2.24, 2.45) is 5.73 Å². The van der Waals surface area contributed by atoms with Gasteiger partial charge in [-0.05, 0) is 25.0 Å². The Labute approximate surface area is 127 Å². The molecule has 0 saturated carbocycles. The molecule has 0 spiro atoms. The molecule has 20 heavy (non-hydrogen) atoms. The lowest BCUT2D eigenvalue weighted by molar-refractivity contribution is -0.118. The van der Waals surface area contributed by atoms with Crippen LogP contribution in [0.3, 0.4) is 0 Å². The Morgan fingerprint density at radius 1 is 1.35 bits per heavy atom. The number of benzene rings is 1. The predicted octanol–water partition coefficient (Wildman–Crippen LogP) is 3.13. The Bertz CT molecular complexity index is 610. The molecule has 0 bridgehead atoms. The van der Waals surface area contributed by atoms with Crippen molar-refractivity contribution in [2.45, 2.75) is 32.2 Å². The number of alkyl halides is 1. The summed E-state index contributed by atoms with van der Waals surface area (Å²) in [4.78, 5) is 15.3. The Hall–Kier alpha value is -1.26. The number of primary amides is 1. The van der Waals surface area contributed by atoms with Gasteiger partial charge >= 0.3 is 0 Å². The molecule has 2 rings (SSSR count). The summed E-state index contributed by atoms with van der Waals surface area (Å²) in [5.74, 6) is 1.18. The van der Waals surface area contributed by atoms with Crippen LogP contribution in [0.15, 0.2) is 18.2 Å². The average molecular weight is 314 g/mol. The van der Waals surface area contributed by atoms with Crippen molar-refractivity contribution in [3.05, 3.63) is 29.0 Å². The topological polar surface area (TPSA) is 60.9 Å². The number of fused-ring (bicyclic) bond motifs is 1. The predicted molar refractivity (Wildman–Crippen MR) is 82.2 cm³/mol. The molecule has 1 aromatic heterocycles. The molecule has 1 aromatic carbocycles. The third-order valence-electron chi connectivity index (χ3n) is 3.17. The second-order valence-electron chi connectivity index (χ2n) is 4.65. The summed E-state index contributed by atoms with van der Waals surface area (Å²) < 4.78 is 2.10. The fourth-order valence-electron chi connectivity index (χ4n) is 2.28. The molecule has 2 aromatic rings. The van der Waals surface area contributed by atoms with Gasteiger partial charge in [0.25, 0.3) is 0 Å². The molecule has 0 unspecified atom stereocenters. The molecule has 4 nitrogen and oxygen atoms in total. The summed E-state index contributed by atoms with van der Waals surface area (Å²) in [6, 6.07) is 5.69. The number of para-hydroxylation sites is 1. The van der Waals surface area contributed by atoms with E-state index in [9.17, 15) is 4.79 Å². The average Bonchev–Trinajstić information content (AvgIpc) is 2.74. The zero-order chi connectivity index (χ0) is 14.5. The van der Waals surface area contributed by atoms with Crippen molar-refractivity contribution in [1.82, 2.24) is 9.55 Å². The first-order valence-electron chi connectivity index (χ1n) is 6.61. The first kappa shape index (κ1) is 15.1. The largest absolute Gasteiger partial charge is 0.370 e. The highest BCUT2D eigenvalue weighted by Crippen LogP contribution is 2.25. The van der Waals surface area contributed by atoms with Crippen LogP contribution in [0.25, 0.3) is 11.0 Å². The zero-order valence-electron chi connectivity index (χ0n) is 11.1. The number of imidazole rings is 1. The van der Waals surface area contributed by atoms with Crippen molar-refractivity contribution >= 4 is 40.1 Å². The molecule has 1 amide bonds. The summed E-state index contributed by atoms with van der Waals surface area (Å²) in [5.41, 5.74) is 6.97. The highest BCUT2D eigenvalue weighted by molar-refractivity contribution is 6.35. The number of carbonyl (C=O) groups excluding carboxylic acids is 1. The SMILES string of the molecule is NC(=O)CCCCn1c(CCCl)nc2cccc(Cl)c21. The smallest absolute Gasteiger partial charge is 0.217 e. The molecule has 0 aliphatic rings. The van der Waals surface area contributed by atoms with Gasteiger partial charge in [-0.1, -0.05) is 17.7 Å². The summed E-state index contributed by atoms with van der Waals surface area (Å²) in [7, 11) is 0. The van der Waals surface area contributed by atoms with E-state index in [1.54, 1.807) is 0 Å². The molecule has 0 radical (unpaired) electrons. The van der Waals surface area contributed by atoms with Crippen LogP contribution in [0, 0.1) is 0 Å². The maximum atomic E-state index is 10.8. The number of rotatable bonds is 7. The Morgan fingerprint density at radius 3 is 2.85 bits per heavy atom. The van der Waals surface area contributed by atoms with Gasteiger partial charge in [-0.25, -0.2) is 4.98 Å². The fraction of sp³-hybridized carbons (Fsp3) is 0.429. The summed E-state index contributed by atoms with van der Waals surface area (Å²) in [5, 5.41) is 0.686. The normalized spacial score (nSPS) is 11.1. The first-order chi connectivity index (χ1) is 9.63. The van der Waals surface area contributed by atoms with Gasteiger partial charge in [0.15, 0.2) is 0 Å². The number of nitrogens with two attached hydrogens (primary N) is 1. The molecule has 6 heteroatoms. The lowest BCUT2D eigenvalue weighted by Crippen LogP contribution is -2.11. The highest BCUT2D eigenvalue weighted by atomic mass is 35.5. The van der Waals surface area contributed by atoms with Gasteiger partial charge in [-0.3, -0.25) is 4.79 Å². The van der Waals surface area contributed by atoms with E-state index >= 15 is 0 Å². The number of carbonyl (C=O) groups is 1. The molecule has 0 aliphatic heterocycles. The number of amides is 1. The van der Waals surface area contributed by atoms with Gasteiger partial charge in [-0.15, -0.1) is 11.6 Å². The summed E-state index contributed by atoms with van der Waals surface area (Å²) >= 11 is 12.1. The van der Waals surface area contributed by atoms with Gasteiger partial charge in [0.2, 0.25) is 5.91 Å². The lowest BCUT2D eigenvalue weighted by Gasteiger charge is -2.09. The number of aromatic nitrogens is 2. The van der Waals surface area contributed by atoms with Crippen LogP contribution in [0.1, 0.15) is 25.1 Å². The van der Waals surface area contributed by atoms with E-state index < -0.39 is 0 Å². The number of unbranched alkanes of at least 4 members (excludes halogenated alkanes) is 1. The van der Waals surface area contributed by atoms with Gasteiger partial charge in [0.05, 0.1) is 16.1 Å².